The fourth-order valence-corrected chi connectivity index (χ4v) is 2.44. The molecule has 0 amide bonds. The van der Waals surface area contributed by atoms with Crippen molar-refractivity contribution in [2.45, 2.75) is 6.92 Å². The van der Waals surface area contributed by atoms with Gasteiger partial charge in [0.05, 0.1) is 22.0 Å². The second-order valence-corrected chi connectivity index (χ2v) is 4.20. The Morgan fingerprint density at radius 3 is 3.07 bits per heavy atom. The van der Waals surface area contributed by atoms with E-state index in [0.29, 0.717) is 23.1 Å². The molecule has 2 nitrogen and oxygen atoms in total. The van der Waals surface area contributed by atoms with E-state index in [1.54, 1.807) is 11.3 Å². The van der Waals surface area contributed by atoms with Gasteiger partial charge in [0, 0.05) is 0 Å². The van der Waals surface area contributed by atoms with Crippen LogP contribution in [0.5, 0.6) is 5.75 Å². The van der Waals surface area contributed by atoms with E-state index in [2.05, 4.69) is 0 Å². The number of hydrogen-bond acceptors (Lipinski definition) is 3. The van der Waals surface area contributed by atoms with Gasteiger partial charge in [-0.25, -0.2) is 0 Å². The van der Waals surface area contributed by atoms with Gasteiger partial charge in [-0.05, 0) is 29.8 Å². The number of fused-ring (bicyclic) bond motifs is 1. The molecule has 2 N–H and O–H groups in total. The smallest absolute Gasteiger partial charge is 0.161 e. The zero-order valence-corrected chi connectivity index (χ0v) is 9.28. The molecule has 0 saturated carbocycles. The van der Waals surface area contributed by atoms with Gasteiger partial charge in [-0.3, -0.25) is 0 Å². The summed E-state index contributed by atoms with van der Waals surface area (Å²) in [7, 11) is 0. The van der Waals surface area contributed by atoms with Crippen LogP contribution in [-0.4, -0.2) is 6.61 Å². The lowest BCUT2D eigenvalue weighted by molar-refractivity contribution is 0.346. The van der Waals surface area contributed by atoms with Gasteiger partial charge in [-0.15, -0.1) is 11.3 Å². The number of hydrogen-bond donors (Lipinski definition) is 1. The summed E-state index contributed by atoms with van der Waals surface area (Å²) < 4.78 is 6.55. The third-order valence-electron chi connectivity index (χ3n) is 1.97. The van der Waals surface area contributed by atoms with Crippen molar-refractivity contribution in [3.8, 4) is 5.75 Å². The van der Waals surface area contributed by atoms with Gasteiger partial charge in [0.1, 0.15) is 0 Å². The molecule has 1 aromatic heterocycles. The predicted octanol–water partition coefficient (Wildman–Crippen LogP) is 3.54. The van der Waals surface area contributed by atoms with E-state index >= 15 is 0 Å². The summed E-state index contributed by atoms with van der Waals surface area (Å²) in [5.74, 6) is 0.713. The monoisotopic (exact) mass is 227 g/mol. The zero-order valence-electron chi connectivity index (χ0n) is 7.71. The van der Waals surface area contributed by atoms with E-state index < -0.39 is 0 Å². The molecule has 0 radical (unpaired) electrons. The Balaban J connectivity index is 2.73. The molecule has 0 aliphatic carbocycles. The van der Waals surface area contributed by atoms with Crippen LogP contribution in [0.15, 0.2) is 17.5 Å². The number of nitrogens with two attached hydrogens (primary N) is 1. The Morgan fingerprint density at radius 1 is 1.57 bits per heavy atom. The van der Waals surface area contributed by atoms with Crippen LogP contribution in [-0.2, 0) is 0 Å². The number of benzene rings is 1. The van der Waals surface area contributed by atoms with Crippen molar-refractivity contribution >= 4 is 38.7 Å². The zero-order chi connectivity index (χ0) is 10.1. The molecule has 74 valence electrons. The maximum Gasteiger partial charge on any atom is 0.161 e. The quantitative estimate of drug-likeness (QED) is 0.797. The van der Waals surface area contributed by atoms with Crippen molar-refractivity contribution in [2.75, 3.05) is 12.3 Å². The van der Waals surface area contributed by atoms with Crippen LogP contribution in [0.4, 0.5) is 5.69 Å². The third kappa shape index (κ3) is 1.42. The molecule has 0 unspecified atom stereocenters. The summed E-state index contributed by atoms with van der Waals surface area (Å²) in [6.45, 7) is 2.53. The minimum Gasteiger partial charge on any atom is -0.490 e. The lowest BCUT2D eigenvalue weighted by atomic mass is 10.2. The van der Waals surface area contributed by atoms with Crippen molar-refractivity contribution in [1.29, 1.82) is 0 Å². The van der Waals surface area contributed by atoms with E-state index in [9.17, 15) is 0 Å². The number of nitrogen functional groups attached to an aromatic ring is 1. The first-order chi connectivity index (χ1) is 6.74. The van der Waals surface area contributed by atoms with Gasteiger partial charge in [0.2, 0.25) is 0 Å². The van der Waals surface area contributed by atoms with Gasteiger partial charge in [0.25, 0.3) is 0 Å². The predicted molar refractivity (Wildman–Crippen MR) is 62.4 cm³/mol. The van der Waals surface area contributed by atoms with Crippen molar-refractivity contribution in [1.82, 2.24) is 0 Å². The summed E-state index contributed by atoms with van der Waals surface area (Å²) in [4.78, 5) is 0. The summed E-state index contributed by atoms with van der Waals surface area (Å²) in [6, 6.07) is 3.87. The first kappa shape index (κ1) is 9.62. The topological polar surface area (TPSA) is 35.2 Å². The lowest BCUT2D eigenvalue weighted by Crippen LogP contribution is -1.97. The Morgan fingerprint density at radius 2 is 2.36 bits per heavy atom. The van der Waals surface area contributed by atoms with E-state index in [1.807, 2.05) is 24.4 Å². The summed E-state index contributed by atoms with van der Waals surface area (Å²) in [5, 5.41) is 3.64. The van der Waals surface area contributed by atoms with Crippen LogP contribution in [0, 0.1) is 0 Å². The molecule has 1 aromatic carbocycles. The molecule has 0 fully saturated rings. The molecule has 0 bridgehead atoms. The fourth-order valence-electron chi connectivity index (χ4n) is 1.35. The number of halogens is 1. The minimum atomic E-state index is 0.531. The van der Waals surface area contributed by atoms with E-state index in [0.717, 1.165) is 10.1 Å². The largest absolute Gasteiger partial charge is 0.490 e. The molecule has 0 aliphatic rings. The first-order valence-electron chi connectivity index (χ1n) is 4.32. The summed E-state index contributed by atoms with van der Waals surface area (Å²) in [5.41, 5.74) is 6.37. The second-order valence-electron chi connectivity index (χ2n) is 2.87. The van der Waals surface area contributed by atoms with Gasteiger partial charge >= 0.3 is 0 Å². The Labute approximate surface area is 91.2 Å². The maximum absolute atomic E-state index is 5.99. The van der Waals surface area contributed by atoms with Crippen LogP contribution in [0.1, 0.15) is 6.92 Å². The van der Waals surface area contributed by atoms with Crippen LogP contribution >= 0.6 is 22.9 Å². The average Bonchev–Trinajstić information content (AvgIpc) is 2.60. The van der Waals surface area contributed by atoms with Crippen LogP contribution < -0.4 is 10.5 Å². The number of rotatable bonds is 2. The minimum absolute atomic E-state index is 0.531. The highest BCUT2D eigenvalue weighted by molar-refractivity contribution is 7.17. The van der Waals surface area contributed by atoms with Crippen molar-refractivity contribution in [3.63, 3.8) is 0 Å². The van der Waals surface area contributed by atoms with Crippen LogP contribution in [0.25, 0.3) is 10.1 Å². The van der Waals surface area contributed by atoms with Crippen molar-refractivity contribution in [3.05, 3.63) is 22.5 Å². The standard InChI is InChI=1S/C10H10ClNOS/c1-2-13-9-8(12)7(11)5-6-3-4-14-10(6)9/h3-5H,2,12H2,1H3. The average molecular weight is 228 g/mol. The number of thiophene rings is 1. The molecule has 4 heteroatoms. The van der Waals surface area contributed by atoms with Gasteiger partial charge in [0.15, 0.2) is 5.75 Å². The van der Waals surface area contributed by atoms with Gasteiger partial charge in [-0.1, -0.05) is 11.6 Å². The SMILES string of the molecule is CCOc1c(N)c(Cl)cc2ccsc12. The third-order valence-corrected chi connectivity index (χ3v) is 3.22. The highest BCUT2D eigenvalue weighted by Gasteiger charge is 2.11. The molecule has 1 heterocycles. The lowest BCUT2D eigenvalue weighted by Gasteiger charge is -2.09. The van der Waals surface area contributed by atoms with Crippen molar-refractivity contribution in [2.24, 2.45) is 0 Å². The Hall–Kier alpha value is -0.930. The van der Waals surface area contributed by atoms with E-state index in [4.69, 9.17) is 22.1 Å². The number of ether oxygens (including phenoxy) is 1. The van der Waals surface area contributed by atoms with Crippen molar-refractivity contribution < 1.29 is 4.74 Å². The van der Waals surface area contributed by atoms with Crippen LogP contribution in [0.2, 0.25) is 5.02 Å². The van der Waals surface area contributed by atoms with Crippen LogP contribution in [0.3, 0.4) is 0 Å². The van der Waals surface area contributed by atoms with E-state index in [1.165, 1.54) is 0 Å². The first-order valence-corrected chi connectivity index (χ1v) is 5.57. The molecule has 14 heavy (non-hydrogen) atoms. The maximum atomic E-state index is 5.99. The molecule has 2 rings (SSSR count). The molecule has 0 saturated heterocycles. The Bertz CT molecular complexity index is 466. The second kappa shape index (κ2) is 3.67. The number of anilines is 1. The fraction of sp³-hybridized carbons (Fsp3) is 0.200. The van der Waals surface area contributed by atoms with Gasteiger partial charge in [-0.2, -0.15) is 0 Å². The normalized spacial score (nSPS) is 10.7. The molecule has 0 spiro atoms. The summed E-state index contributed by atoms with van der Waals surface area (Å²) >= 11 is 7.60. The molecule has 2 aromatic rings. The molecular weight excluding hydrogens is 218 g/mol. The highest BCUT2D eigenvalue weighted by atomic mass is 35.5. The molecular formula is C10H10ClNOS. The summed E-state index contributed by atoms with van der Waals surface area (Å²) in [6.07, 6.45) is 0. The molecule has 0 atom stereocenters. The highest BCUT2D eigenvalue weighted by Crippen LogP contribution is 2.40. The Kier molecular flexibility index (Phi) is 2.52. The molecule has 0 aliphatic heterocycles. The van der Waals surface area contributed by atoms with E-state index in [-0.39, 0.29) is 0 Å². The van der Waals surface area contributed by atoms with Gasteiger partial charge < -0.3 is 10.5 Å².